The predicted molar refractivity (Wildman–Crippen MR) is 55.8 cm³/mol. The zero-order valence-electron chi connectivity index (χ0n) is 7.71. The van der Waals surface area contributed by atoms with Crippen LogP contribution in [0.15, 0.2) is 18.3 Å². The number of nitrogens with zero attached hydrogens (tertiary/aromatic N) is 1. The maximum atomic E-state index is 4.26. The monoisotopic (exact) mass is 227 g/mol. The molecule has 0 fully saturated rings. The Morgan fingerprint density at radius 2 is 2.00 bits per heavy atom. The lowest BCUT2D eigenvalue weighted by Crippen LogP contribution is -2.04. The Kier molecular flexibility index (Phi) is 3.27. The molecule has 0 aliphatic rings. The minimum Gasteiger partial charge on any atom is -0.261 e. The SMILES string of the molecule is Cc1ccc(C(C)C(C)Br)cn1. The highest BCUT2D eigenvalue weighted by Crippen LogP contribution is 2.23. The molecule has 0 N–H and O–H groups in total. The highest BCUT2D eigenvalue weighted by Gasteiger charge is 2.10. The molecule has 1 aromatic rings. The van der Waals surface area contributed by atoms with E-state index in [4.69, 9.17) is 0 Å². The second-order valence-corrected chi connectivity index (χ2v) is 4.64. The third-order valence-electron chi connectivity index (χ3n) is 2.15. The van der Waals surface area contributed by atoms with Gasteiger partial charge in [0.15, 0.2) is 0 Å². The van der Waals surface area contributed by atoms with Gasteiger partial charge in [-0.2, -0.15) is 0 Å². The molecule has 66 valence electrons. The average molecular weight is 228 g/mol. The molecule has 0 aliphatic heterocycles. The van der Waals surface area contributed by atoms with E-state index >= 15 is 0 Å². The van der Waals surface area contributed by atoms with E-state index in [0.717, 1.165) is 5.69 Å². The minimum atomic E-state index is 0.502. The Morgan fingerprint density at radius 1 is 1.33 bits per heavy atom. The number of hydrogen-bond acceptors (Lipinski definition) is 1. The number of alkyl halides is 1. The predicted octanol–water partition coefficient (Wildman–Crippen LogP) is 3.28. The molecular formula is C10H14BrN. The van der Waals surface area contributed by atoms with E-state index < -0.39 is 0 Å². The minimum absolute atomic E-state index is 0.502. The third kappa shape index (κ3) is 2.31. The van der Waals surface area contributed by atoms with Gasteiger partial charge < -0.3 is 0 Å². The van der Waals surface area contributed by atoms with Crippen LogP contribution in [0.3, 0.4) is 0 Å². The summed E-state index contributed by atoms with van der Waals surface area (Å²) in [5.74, 6) is 0.526. The molecule has 0 saturated carbocycles. The number of aryl methyl sites for hydroxylation is 1. The van der Waals surface area contributed by atoms with Crippen LogP contribution in [-0.2, 0) is 0 Å². The second kappa shape index (κ2) is 4.04. The molecule has 1 aromatic heterocycles. The molecule has 2 heteroatoms. The van der Waals surface area contributed by atoms with Gasteiger partial charge in [-0.1, -0.05) is 35.8 Å². The van der Waals surface area contributed by atoms with Gasteiger partial charge >= 0.3 is 0 Å². The van der Waals surface area contributed by atoms with Gasteiger partial charge in [-0.15, -0.1) is 0 Å². The number of rotatable bonds is 2. The molecular weight excluding hydrogens is 214 g/mol. The molecule has 0 aromatic carbocycles. The summed E-state index contributed by atoms with van der Waals surface area (Å²) in [6.07, 6.45) is 1.96. The molecule has 0 bridgehead atoms. The lowest BCUT2D eigenvalue weighted by molar-refractivity contribution is 0.756. The first kappa shape index (κ1) is 9.72. The standard InChI is InChI=1S/C10H14BrN/c1-7-4-5-10(6-12-7)8(2)9(3)11/h4-6,8-9H,1-3H3. The lowest BCUT2D eigenvalue weighted by atomic mass is 10.0. The first-order chi connectivity index (χ1) is 5.61. The van der Waals surface area contributed by atoms with E-state index in [2.05, 4.69) is 46.9 Å². The average Bonchev–Trinajstić information content (AvgIpc) is 2.04. The molecule has 0 saturated heterocycles. The fourth-order valence-corrected chi connectivity index (χ4v) is 1.32. The molecule has 1 heterocycles. The van der Waals surface area contributed by atoms with Crippen LogP contribution in [0.4, 0.5) is 0 Å². The van der Waals surface area contributed by atoms with Gasteiger partial charge in [0.05, 0.1) is 0 Å². The normalized spacial score (nSPS) is 15.7. The lowest BCUT2D eigenvalue weighted by Gasteiger charge is -2.13. The summed E-state index contributed by atoms with van der Waals surface area (Å²) in [6.45, 7) is 6.36. The van der Waals surface area contributed by atoms with Crippen LogP contribution in [0.2, 0.25) is 0 Å². The van der Waals surface area contributed by atoms with E-state index in [1.807, 2.05) is 13.1 Å². The number of halogens is 1. The zero-order valence-corrected chi connectivity index (χ0v) is 9.30. The summed E-state index contributed by atoms with van der Waals surface area (Å²) in [7, 11) is 0. The van der Waals surface area contributed by atoms with E-state index in [0.29, 0.717) is 10.7 Å². The maximum absolute atomic E-state index is 4.26. The van der Waals surface area contributed by atoms with Crippen molar-refractivity contribution in [1.82, 2.24) is 4.98 Å². The summed E-state index contributed by atoms with van der Waals surface area (Å²) in [5.41, 5.74) is 2.37. The Balaban J connectivity index is 2.82. The van der Waals surface area contributed by atoms with E-state index in [9.17, 15) is 0 Å². The number of hydrogen-bond donors (Lipinski definition) is 0. The van der Waals surface area contributed by atoms with Crippen molar-refractivity contribution in [2.24, 2.45) is 0 Å². The molecule has 0 spiro atoms. The van der Waals surface area contributed by atoms with E-state index in [-0.39, 0.29) is 0 Å². The summed E-state index contributed by atoms with van der Waals surface area (Å²) in [6, 6.07) is 4.20. The largest absolute Gasteiger partial charge is 0.261 e. The zero-order chi connectivity index (χ0) is 9.14. The Morgan fingerprint density at radius 3 is 2.42 bits per heavy atom. The van der Waals surface area contributed by atoms with Gasteiger partial charge in [0, 0.05) is 16.7 Å². The number of aromatic nitrogens is 1. The summed E-state index contributed by atoms with van der Waals surface area (Å²) in [5, 5.41) is 0. The van der Waals surface area contributed by atoms with Crippen molar-refractivity contribution in [3.05, 3.63) is 29.6 Å². The summed E-state index contributed by atoms with van der Waals surface area (Å²) < 4.78 is 0. The van der Waals surface area contributed by atoms with E-state index in [1.165, 1.54) is 5.56 Å². The van der Waals surface area contributed by atoms with Gasteiger partial charge in [-0.3, -0.25) is 4.98 Å². The second-order valence-electron chi connectivity index (χ2n) is 3.20. The first-order valence-corrected chi connectivity index (χ1v) is 5.09. The quantitative estimate of drug-likeness (QED) is 0.708. The van der Waals surface area contributed by atoms with Gasteiger partial charge in [0.1, 0.15) is 0 Å². The van der Waals surface area contributed by atoms with Gasteiger partial charge in [0.2, 0.25) is 0 Å². The van der Waals surface area contributed by atoms with Crippen molar-refractivity contribution in [2.45, 2.75) is 31.5 Å². The molecule has 0 radical (unpaired) electrons. The third-order valence-corrected chi connectivity index (χ3v) is 2.94. The summed E-state index contributed by atoms with van der Waals surface area (Å²) in [4.78, 5) is 4.76. The fourth-order valence-electron chi connectivity index (χ4n) is 1.01. The van der Waals surface area contributed by atoms with Crippen molar-refractivity contribution in [2.75, 3.05) is 0 Å². The van der Waals surface area contributed by atoms with Crippen LogP contribution in [0.1, 0.15) is 31.0 Å². The molecule has 0 aliphatic carbocycles. The topological polar surface area (TPSA) is 12.9 Å². The number of pyridine rings is 1. The van der Waals surface area contributed by atoms with Crippen molar-refractivity contribution in [3.63, 3.8) is 0 Å². The smallest absolute Gasteiger partial charge is 0.0372 e. The van der Waals surface area contributed by atoms with Crippen LogP contribution in [-0.4, -0.2) is 9.81 Å². The van der Waals surface area contributed by atoms with E-state index in [1.54, 1.807) is 0 Å². The first-order valence-electron chi connectivity index (χ1n) is 4.18. The fraction of sp³-hybridized carbons (Fsp3) is 0.500. The molecule has 1 nitrogen and oxygen atoms in total. The van der Waals surface area contributed by atoms with Gasteiger partial charge in [-0.25, -0.2) is 0 Å². The highest BCUT2D eigenvalue weighted by atomic mass is 79.9. The van der Waals surface area contributed by atoms with Gasteiger partial charge in [0.25, 0.3) is 0 Å². The van der Waals surface area contributed by atoms with Crippen LogP contribution < -0.4 is 0 Å². The molecule has 0 amide bonds. The molecule has 1 rings (SSSR count). The molecule has 12 heavy (non-hydrogen) atoms. The van der Waals surface area contributed by atoms with Crippen molar-refractivity contribution < 1.29 is 0 Å². The van der Waals surface area contributed by atoms with Crippen LogP contribution >= 0.6 is 15.9 Å². The molecule has 2 atom stereocenters. The Hall–Kier alpha value is -0.370. The summed E-state index contributed by atoms with van der Waals surface area (Å²) >= 11 is 3.57. The van der Waals surface area contributed by atoms with Crippen LogP contribution in [0.5, 0.6) is 0 Å². The van der Waals surface area contributed by atoms with Crippen molar-refractivity contribution in [3.8, 4) is 0 Å². The maximum Gasteiger partial charge on any atom is 0.0372 e. The Bertz CT molecular complexity index is 241. The van der Waals surface area contributed by atoms with Crippen molar-refractivity contribution >= 4 is 15.9 Å². The Labute approximate surface area is 82.3 Å². The van der Waals surface area contributed by atoms with Gasteiger partial charge in [-0.05, 0) is 24.5 Å². The highest BCUT2D eigenvalue weighted by molar-refractivity contribution is 9.09. The van der Waals surface area contributed by atoms with Crippen molar-refractivity contribution in [1.29, 1.82) is 0 Å². The molecule has 2 unspecified atom stereocenters. The van der Waals surface area contributed by atoms with Crippen LogP contribution in [0, 0.1) is 6.92 Å². The van der Waals surface area contributed by atoms with Crippen LogP contribution in [0.25, 0.3) is 0 Å².